The fraction of sp³-hybridized carbons (Fsp3) is 0. The quantitative estimate of drug-likeness (QED) is 0.173. The lowest BCUT2D eigenvalue weighted by molar-refractivity contribution is 0.671. The summed E-state index contributed by atoms with van der Waals surface area (Å²) in [6, 6.07) is 62.8. The number of hydrogen-bond donors (Lipinski definition) is 0. The Morgan fingerprint density at radius 1 is 0.365 bits per heavy atom. The molecule has 0 spiro atoms. The minimum absolute atomic E-state index is 0.916. The normalized spacial score (nSPS) is 11.8. The van der Waals surface area contributed by atoms with E-state index < -0.39 is 0 Å². The molecule has 242 valence electrons. The van der Waals surface area contributed by atoms with Crippen LogP contribution in [0.4, 0.5) is 0 Å². The average Bonchev–Trinajstić information content (AvgIpc) is 3.80. The van der Waals surface area contributed by atoms with E-state index in [4.69, 9.17) is 9.40 Å². The molecule has 3 aromatic heterocycles. The highest BCUT2D eigenvalue weighted by Gasteiger charge is 2.19. The number of furan rings is 1. The second-order valence-corrected chi connectivity index (χ2v) is 14.4. The monoisotopic (exact) mass is 679 g/mol. The van der Waals surface area contributed by atoms with Crippen molar-refractivity contribution in [2.45, 2.75) is 0 Å². The van der Waals surface area contributed by atoms with Crippen LogP contribution in [0, 0.1) is 0 Å². The van der Waals surface area contributed by atoms with Crippen molar-refractivity contribution in [1.29, 1.82) is 0 Å². The van der Waals surface area contributed by atoms with Crippen molar-refractivity contribution < 1.29 is 4.42 Å². The Morgan fingerprint density at radius 3 is 1.63 bits per heavy atom. The van der Waals surface area contributed by atoms with Gasteiger partial charge in [-0.3, -0.25) is 0 Å². The van der Waals surface area contributed by atoms with Gasteiger partial charge in [0.2, 0.25) is 0 Å². The highest BCUT2D eigenvalue weighted by molar-refractivity contribution is 7.27. The lowest BCUT2D eigenvalue weighted by Crippen LogP contribution is -1.89. The number of thiophene rings is 1. The van der Waals surface area contributed by atoms with Crippen molar-refractivity contribution in [3.05, 3.63) is 176 Å². The third-order valence-corrected chi connectivity index (χ3v) is 11.7. The zero-order valence-electron chi connectivity index (χ0n) is 28.0. The number of pyridine rings is 1. The van der Waals surface area contributed by atoms with Crippen LogP contribution in [0.2, 0.25) is 0 Å². The van der Waals surface area contributed by atoms with E-state index in [0.717, 1.165) is 61.0 Å². The number of hydrogen-bond acceptors (Lipinski definition) is 3. The van der Waals surface area contributed by atoms with E-state index in [1.807, 2.05) is 11.3 Å². The third kappa shape index (κ3) is 4.40. The van der Waals surface area contributed by atoms with Gasteiger partial charge in [-0.05, 0) is 34.4 Å². The van der Waals surface area contributed by atoms with Gasteiger partial charge in [0.25, 0.3) is 0 Å². The molecule has 0 atom stereocenters. The van der Waals surface area contributed by atoms with Crippen LogP contribution in [0.5, 0.6) is 0 Å². The average molecular weight is 680 g/mol. The molecule has 11 rings (SSSR count). The first-order valence-corrected chi connectivity index (χ1v) is 18.4. The van der Waals surface area contributed by atoms with Crippen molar-refractivity contribution >= 4 is 75.1 Å². The van der Waals surface area contributed by atoms with E-state index in [0.29, 0.717) is 0 Å². The molecule has 0 saturated carbocycles. The number of benzene rings is 8. The van der Waals surface area contributed by atoms with Crippen molar-refractivity contribution in [3.8, 4) is 44.6 Å². The molecule has 0 bridgehead atoms. The molecule has 0 fully saturated rings. The van der Waals surface area contributed by atoms with Gasteiger partial charge in [-0.1, -0.05) is 164 Å². The Labute approximate surface area is 303 Å². The van der Waals surface area contributed by atoms with Crippen LogP contribution in [0.1, 0.15) is 0 Å². The SMILES string of the molecule is c1ccc(-c2nc3ccccc3c3c2ccc2c4cccc(-c5cccc(-c6cccc7c6oc6c(-c8ccccc8)cccc67)c5)c4sc23)cc1. The summed E-state index contributed by atoms with van der Waals surface area (Å²) in [6.07, 6.45) is 0. The zero-order chi connectivity index (χ0) is 34.2. The van der Waals surface area contributed by atoms with Crippen LogP contribution < -0.4 is 0 Å². The van der Waals surface area contributed by atoms with Gasteiger partial charge in [0.05, 0.1) is 11.2 Å². The van der Waals surface area contributed by atoms with Gasteiger partial charge in [0.15, 0.2) is 0 Å². The number of para-hydroxylation sites is 3. The summed E-state index contributed by atoms with van der Waals surface area (Å²) < 4.78 is 9.38. The molecule has 0 unspecified atom stereocenters. The van der Waals surface area contributed by atoms with Gasteiger partial charge >= 0.3 is 0 Å². The van der Waals surface area contributed by atoms with Crippen LogP contribution in [0.25, 0.3) is 108 Å². The summed E-state index contributed by atoms with van der Waals surface area (Å²) in [6.45, 7) is 0. The van der Waals surface area contributed by atoms with Gasteiger partial charge < -0.3 is 4.42 Å². The molecule has 3 heterocycles. The van der Waals surface area contributed by atoms with Gasteiger partial charge in [-0.15, -0.1) is 11.3 Å². The fourth-order valence-electron chi connectivity index (χ4n) is 8.08. The highest BCUT2D eigenvalue weighted by atomic mass is 32.1. The molecule has 0 aliphatic carbocycles. The van der Waals surface area contributed by atoms with Crippen molar-refractivity contribution in [3.63, 3.8) is 0 Å². The molecule has 2 nitrogen and oxygen atoms in total. The number of nitrogens with zero attached hydrogens (tertiary/aromatic N) is 1. The number of rotatable bonds is 4. The molecule has 0 radical (unpaired) electrons. The minimum atomic E-state index is 0.916. The van der Waals surface area contributed by atoms with E-state index >= 15 is 0 Å². The maximum atomic E-state index is 6.79. The van der Waals surface area contributed by atoms with Crippen LogP contribution in [0.3, 0.4) is 0 Å². The maximum absolute atomic E-state index is 6.79. The Morgan fingerprint density at radius 2 is 0.885 bits per heavy atom. The lowest BCUT2D eigenvalue weighted by Gasteiger charge is -2.11. The van der Waals surface area contributed by atoms with Crippen LogP contribution in [-0.4, -0.2) is 4.98 Å². The van der Waals surface area contributed by atoms with Gasteiger partial charge in [-0.25, -0.2) is 4.98 Å². The molecule has 0 aliphatic heterocycles. The number of fused-ring (bicyclic) bond motifs is 10. The first kappa shape index (κ1) is 29.2. The summed E-state index contributed by atoms with van der Waals surface area (Å²) in [7, 11) is 0. The smallest absolute Gasteiger partial charge is 0.143 e. The van der Waals surface area contributed by atoms with Crippen molar-refractivity contribution in [1.82, 2.24) is 4.98 Å². The largest absolute Gasteiger partial charge is 0.455 e. The molecule has 8 aromatic carbocycles. The standard InChI is InChI=1S/C49H29NOS/c1-3-13-30(14-4-1)34-20-10-23-37-38-24-11-21-35(47(38)51-46(34)37)32-17-9-18-33(29-32)36-22-12-25-39-40-27-28-42-44(49(40)52-48(36)39)41-19-7-8-26-43(41)50-45(42)31-15-5-2-6-16-31/h1-29H. The Balaban J connectivity index is 1.11. The molecule has 0 amide bonds. The summed E-state index contributed by atoms with van der Waals surface area (Å²) in [5, 5.41) is 8.46. The predicted octanol–water partition coefficient (Wildman–Crippen LogP) is 14.3. The fourth-order valence-corrected chi connectivity index (χ4v) is 9.48. The molecule has 0 aliphatic rings. The molecule has 52 heavy (non-hydrogen) atoms. The van der Waals surface area contributed by atoms with Crippen molar-refractivity contribution in [2.24, 2.45) is 0 Å². The molecule has 0 saturated heterocycles. The van der Waals surface area contributed by atoms with Crippen molar-refractivity contribution in [2.75, 3.05) is 0 Å². The van der Waals surface area contributed by atoms with E-state index in [2.05, 4.69) is 176 Å². The zero-order valence-corrected chi connectivity index (χ0v) is 28.8. The highest BCUT2D eigenvalue weighted by Crippen LogP contribution is 2.47. The number of aromatic nitrogens is 1. The third-order valence-electron chi connectivity index (χ3n) is 10.5. The predicted molar refractivity (Wildman–Crippen MR) is 221 cm³/mol. The molecule has 0 N–H and O–H groups in total. The maximum Gasteiger partial charge on any atom is 0.143 e. The summed E-state index contributed by atoms with van der Waals surface area (Å²) in [4.78, 5) is 5.19. The molecule has 3 heteroatoms. The first-order valence-electron chi connectivity index (χ1n) is 17.6. The Kier molecular flexibility index (Phi) is 6.46. The Bertz CT molecular complexity index is 3170. The second-order valence-electron chi connectivity index (χ2n) is 13.4. The second kappa shape index (κ2) is 11.5. The first-order chi connectivity index (χ1) is 25.8. The van der Waals surface area contributed by atoms with Gasteiger partial charge in [0.1, 0.15) is 11.2 Å². The van der Waals surface area contributed by atoms with Crippen LogP contribution >= 0.6 is 11.3 Å². The molecule has 11 aromatic rings. The summed E-state index contributed by atoms with van der Waals surface area (Å²) in [5.41, 5.74) is 11.9. The van der Waals surface area contributed by atoms with E-state index in [1.54, 1.807) is 0 Å². The molecular formula is C49H29NOS. The summed E-state index contributed by atoms with van der Waals surface area (Å²) in [5.74, 6) is 0. The van der Waals surface area contributed by atoms with Gasteiger partial charge in [0, 0.05) is 63.8 Å². The molecular weight excluding hydrogens is 651 g/mol. The van der Waals surface area contributed by atoms with E-state index in [-0.39, 0.29) is 0 Å². The van der Waals surface area contributed by atoms with Crippen LogP contribution in [-0.2, 0) is 0 Å². The Hall–Kier alpha value is -6.55. The lowest BCUT2D eigenvalue weighted by atomic mass is 9.95. The van der Waals surface area contributed by atoms with Crippen LogP contribution in [0.15, 0.2) is 180 Å². The van der Waals surface area contributed by atoms with Gasteiger partial charge in [-0.2, -0.15) is 0 Å². The summed E-state index contributed by atoms with van der Waals surface area (Å²) >= 11 is 1.89. The minimum Gasteiger partial charge on any atom is -0.455 e. The van der Waals surface area contributed by atoms with E-state index in [1.165, 1.54) is 47.5 Å². The van der Waals surface area contributed by atoms with E-state index in [9.17, 15) is 0 Å². The topological polar surface area (TPSA) is 26.0 Å².